The molecule has 1 amide bonds. The number of carbonyl (C=O) groups excluding carboxylic acids is 1. The third-order valence-electron chi connectivity index (χ3n) is 2.23. The average Bonchev–Trinajstić information content (AvgIpc) is 2.28. The molecule has 1 heterocycles. The van der Waals surface area contributed by atoms with Gasteiger partial charge in [0.05, 0.1) is 6.33 Å². The normalized spacial score (nSPS) is 10.2. The second-order valence-corrected chi connectivity index (χ2v) is 3.65. The fourth-order valence-electron chi connectivity index (χ4n) is 1.04. The zero-order valence-corrected chi connectivity index (χ0v) is 9.86. The Balaban J connectivity index is 2.95. The number of likely N-dealkylation sites (N-methyl/N-ethyl adjacent to an activating group) is 1. The van der Waals surface area contributed by atoms with Gasteiger partial charge >= 0.3 is 0 Å². The lowest BCUT2D eigenvalue weighted by atomic mass is 10.4. The summed E-state index contributed by atoms with van der Waals surface area (Å²) in [4.78, 5) is 28.3. The maximum atomic E-state index is 11.6. The summed E-state index contributed by atoms with van der Waals surface area (Å²) in [6.45, 7) is 2.33. The summed E-state index contributed by atoms with van der Waals surface area (Å²) in [6, 6.07) is 0. The van der Waals surface area contributed by atoms with Crippen LogP contribution >= 0.6 is 11.6 Å². The molecular formula is C9H13ClN4O2. The maximum Gasteiger partial charge on any atom is 0.278 e. The Morgan fingerprint density at radius 3 is 2.88 bits per heavy atom. The highest BCUT2D eigenvalue weighted by Gasteiger charge is 2.11. The molecule has 0 aliphatic rings. The van der Waals surface area contributed by atoms with Gasteiger partial charge in [0.15, 0.2) is 5.15 Å². The van der Waals surface area contributed by atoms with Crippen molar-refractivity contribution in [2.45, 2.75) is 13.5 Å². The van der Waals surface area contributed by atoms with Gasteiger partial charge in [-0.3, -0.25) is 14.2 Å². The van der Waals surface area contributed by atoms with Crippen molar-refractivity contribution in [2.24, 2.45) is 0 Å². The number of amides is 1. The number of halogens is 1. The molecule has 0 aromatic carbocycles. The van der Waals surface area contributed by atoms with Crippen molar-refractivity contribution in [3.63, 3.8) is 0 Å². The van der Waals surface area contributed by atoms with Crippen LogP contribution in [-0.2, 0) is 11.3 Å². The Morgan fingerprint density at radius 2 is 2.31 bits per heavy atom. The van der Waals surface area contributed by atoms with Gasteiger partial charge in [-0.2, -0.15) is 0 Å². The number of rotatable bonds is 3. The Bertz CT molecular complexity index is 457. The number of hydrogen-bond acceptors (Lipinski definition) is 4. The van der Waals surface area contributed by atoms with E-state index < -0.39 is 5.56 Å². The number of nitrogen functional groups attached to an aromatic ring is 1. The van der Waals surface area contributed by atoms with Gasteiger partial charge in [0.1, 0.15) is 12.2 Å². The van der Waals surface area contributed by atoms with Crippen LogP contribution in [0.4, 0.5) is 5.69 Å². The topological polar surface area (TPSA) is 81.2 Å². The van der Waals surface area contributed by atoms with Crippen LogP contribution in [0.15, 0.2) is 11.1 Å². The van der Waals surface area contributed by atoms with E-state index in [4.69, 9.17) is 17.3 Å². The fourth-order valence-corrected chi connectivity index (χ4v) is 1.17. The molecule has 0 aliphatic heterocycles. The highest BCUT2D eigenvalue weighted by molar-refractivity contribution is 6.31. The minimum atomic E-state index is -0.502. The van der Waals surface area contributed by atoms with Crippen LogP contribution in [0.1, 0.15) is 6.92 Å². The van der Waals surface area contributed by atoms with Crippen molar-refractivity contribution in [3.05, 3.63) is 21.8 Å². The Morgan fingerprint density at radius 1 is 1.69 bits per heavy atom. The molecule has 0 unspecified atom stereocenters. The van der Waals surface area contributed by atoms with E-state index in [-0.39, 0.29) is 23.3 Å². The van der Waals surface area contributed by atoms with Crippen molar-refractivity contribution < 1.29 is 4.79 Å². The molecule has 0 spiro atoms. The second-order valence-electron chi connectivity index (χ2n) is 3.29. The van der Waals surface area contributed by atoms with Gasteiger partial charge in [-0.1, -0.05) is 11.6 Å². The summed E-state index contributed by atoms with van der Waals surface area (Å²) in [7, 11) is 1.65. The quantitative estimate of drug-likeness (QED) is 0.757. The van der Waals surface area contributed by atoms with E-state index in [1.54, 1.807) is 7.05 Å². The minimum absolute atomic E-state index is 0.0439. The second kappa shape index (κ2) is 4.98. The monoisotopic (exact) mass is 244 g/mol. The first-order valence-corrected chi connectivity index (χ1v) is 5.09. The summed E-state index contributed by atoms with van der Waals surface area (Å²) in [5, 5.41) is -0.0439. The van der Waals surface area contributed by atoms with Crippen molar-refractivity contribution in [2.75, 3.05) is 19.3 Å². The van der Waals surface area contributed by atoms with E-state index in [0.29, 0.717) is 6.54 Å². The van der Waals surface area contributed by atoms with Crippen LogP contribution in [0.3, 0.4) is 0 Å². The number of hydrogen-bond donors (Lipinski definition) is 1. The standard InChI is InChI=1S/C9H13ClN4O2/c1-3-13(2)6(15)4-14-5-12-8(10)7(11)9(14)16/h5H,3-4,11H2,1-2H3. The van der Waals surface area contributed by atoms with Crippen molar-refractivity contribution >= 4 is 23.2 Å². The van der Waals surface area contributed by atoms with E-state index in [1.807, 2.05) is 6.92 Å². The molecule has 7 heteroatoms. The number of nitrogens with two attached hydrogens (primary N) is 1. The molecule has 0 aliphatic carbocycles. The molecule has 0 saturated carbocycles. The van der Waals surface area contributed by atoms with Crippen LogP contribution in [0.5, 0.6) is 0 Å². The maximum absolute atomic E-state index is 11.6. The smallest absolute Gasteiger partial charge is 0.278 e. The van der Waals surface area contributed by atoms with E-state index in [9.17, 15) is 9.59 Å². The molecule has 1 aromatic heterocycles. The van der Waals surface area contributed by atoms with Gasteiger partial charge in [0.2, 0.25) is 5.91 Å². The summed E-state index contributed by atoms with van der Waals surface area (Å²) in [5.41, 5.74) is 4.77. The molecule has 0 atom stereocenters. The van der Waals surface area contributed by atoms with Crippen LogP contribution < -0.4 is 11.3 Å². The van der Waals surface area contributed by atoms with Gasteiger partial charge in [0.25, 0.3) is 5.56 Å². The molecule has 2 N–H and O–H groups in total. The predicted octanol–water partition coefficient (Wildman–Crippen LogP) is -0.0428. The first kappa shape index (κ1) is 12.5. The largest absolute Gasteiger partial charge is 0.392 e. The third kappa shape index (κ3) is 2.52. The molecule has 1 aromatic rings. The zero-order valence-electron chi connectivity index (χ0n) is 9.11. The van der Waals surface area contributed by atoms with E-state index in [2.05, 4.69) is 4.98 Å². The lowest BCUT2D eigenvalue weighted by molar-refractivity contribution is -0.130. The van der Waals surface area contributed by atoms with Crippen LogP contribution in [0.2, 0.25) is 5.15 Å². The van der Waals surface area contributed by atoms with Crippen molar-refractivity contribution in [1.29, 1.82) is 0 Å². The molecule has 0 fully saturated rings. The molecule has 6 nitrogen and oxygen atoms in total. The predicted molar refractivity (Wildman–Crippen MR) is 61.2 cm³/mol. The summed E-state index contributed by atoms with van der Waals surface area (Å²) >= 11 is 5.57. The van der Waals surface area contributed by atoms with Gasteiger partial charge in [-0.25, -0.2) is 4.98 Å². The van der Waals surface area contributed by atoms with Crippen molar-refractivity contribution in [1.82, 2.24) is 14.5 Å². The van der Waals surface area contributed by atoms with Gasteiger partial charge in [-0.15, -0.1) is 0 Å². The molecule has 88 valence electrons. The summed E-state index contributed by atoms with van der Waals surface area (Å²) < 4.78 is 1.13. The highest BCUT2D eigenvalue weighted by atomic mass is 35.5. The van der Waals surface area contributed by atoms with Gasteiger partial charge in [0, 0.05) is 13.6 Å². The lowest BCUT2D eigenvalue weighted by Crippen LogP contribution is -2.34. The van der Waals surface area contributed by atoms with Gasteiger partial charge in [-0.05, 0) is 6.92 Å². The number of aromatic nitrogens is 2. The molecule has 0 saturated heterocycles. The van der Waals surface area contributed by atoms with Crippen LogP contribution in [0.25, 0.3) is 0 Å². The molecular weight excluding hydrogens is 232 g/mol. The molecule has 1 rings (SSSR count). The molecule has 0 bridgehead atoms. The average molecular weight is 245 g/mol. The Kier molecular flexibility index (Phi) is 3.89. The zero-order chi connectivity index (χ0) is 12.3. The van der Waals surface area contributed by atoms with E-state index in [1.165, 1.54) is 11.2 Å². The number of carbonyl (C=O) groups is 1. The fraction of sp³-hybridized carbons (Fsp3) is 0.444. The lowest BCUT2D eigenvalue weighted by Gasteiger charge is -2.15. The first-order chi connectivity index (χ1) is 7.47. The SMILES string of the molecule is CCN(C)C(=O)Cn1cnc(Cl)c(N)c1=O. The molecule has 16 heavy (non-hydrogen) atoms. The van der Waals surface area contributed by atoms with E-state index >= 15 is 0 Å². The van der Waals surface area contributed by atoms with Crippen LogP contribution in [0, 0.1) is 0 Å². The Labute approximate surface area is 97.6 Å². The van der Waals surface area contributed by atoms with Crippen LogP contribution in [-0.4, -0.2) is 34.0 Å². The van der Waals surface area contributed by atoms with Crippen molar-refractivity contribution in [3.8, 4) is 0 Å². The highest BCUT2D eigenvalue weighted by Crippen LogP contribution is 2.07. The van der Waals surface area contributed by atoms with Gasteiger partial charge < -0.3 is 10.6 Å². The summed E-state index contributed by atoms with van der Waals surface area (Å²) in [5.74, 6) is -0.187. The summed E-state index contributed by atoms with van der Waals surface area (Å²) in [6.07, 6.45) is 1.21. The Hall–Kier alpha value is -1.56. The number of anilines is 1. The third-order valence-corrected chi connectivity index (χ3v) is 2.53. The molecule has 0 radical (unpaired) electrons. The minimum Gasteiger partial charge on any atom is -0.392 e. The number of nitrogens with zero attached hydrogens (tertiary/aromatic N) is 3. The first-order valence-electron chi connectivity index (χ1n) is 4.71. The van der Waals surface area contributed by atoms with E-state index in [0.717, 1.165) is 4.57 Å².